The fourth-order valence-electron chi connectivity index (χ4n) is 1.64. The minimum Gasteiger partial charge on any atom is -0.489 e. The standard InChI is InChI=1S/C15H15BrFNO/c1-11(10-18-12-5-3-2-4-6-12)19-13-7-8-14(16)15(17)9-13/h2-9,11,18H,10H2,1H3. The maximum absolute atomic E-state index is 13.3. The van der Waals surface area contributed by atoms with Crippen molar-refractivity contribution in [2.24, 2.45) is 0 Å². The van der Waals surface area contributed by atoms with Gasteiger partial charge in [0.15, 0.2) is 0 Å². The van der Waals surface area contributed by atoms with Gasteiger partial charge < -0.3 is 10.1 Å². The Kier molecular flexibility index (Phi) is 4.80. The van der Waals surface area contributed by atoms with E-state index >= 15 is 0 Å². The molecule has 0 fully saturated rings. The molecule has 0 bridgehead atoms. The zero-order valence-corrected chi connectivity index (χ0v) is 12.2. The highest BCUT2D eigenvalue weighted by Crippen LogP contribution is 2.21. The topological polar surface area (TPSA) is 21.3 Å². The van der Waals surface area contributed by atoms with Crippen LogP contribution in [-0.2, 0) is 0 Å². The van der Waals surface area contributed by atoms with Crippen molar-refractivity contribution in [2.75, 3.05) is 11.9 Å². The van der Waals surface area contributed by atoms with Crippen molar-refractivity contribution in [3.8, 4) is 5.75 Å². The van der Waals surface area contributed by atoms with Crippen LogP contribution in [0, 0.1) is 5.82 Å². The van der Waals surface area contributed by atoms with Gasteiger partial charge in [0, 0.05) is 11.8 Å². The summed E-state index contributed by atoms with van der Waals surface area (Å²) in [6.07, 6.45) is -0.0548. The van der Waals surface area contributed by atoms with Crippen molar-refractivity contribution < 1.29 is 9.13 Å². The number of halogens is 2. The molecule has 0 saturated carbocycles. The Balaban J connectivity index is 1.87. The number of rotatable bonds is 5. The molecule has 1 unspecified atom stereocenters. The van der Waals surface area contributed by atoms with E-state index in [4.69, 9.17) is 4.74 Å². The monoisotopic (exact) mass is 323 g/mol. The summed E-state index contributed by atoms with van der Waals surface area (Å²) in [6.45, 7) is 2.59. The quantitative estimate of drug-likeness (QED) is 0.876. The SMILES string of the molecule is CC(CNc1ccccc1)Oc1ccc(Br)c(F)c1. The van der Waals surface area contributed by atoms with Gasteiger partial charge in [0.2, 0.25) is 0 Å². The number of para-hydroxylation sites is 1. The first-order chi connectivity index (χ1) is 9.15. The van der Waals surface area contributed by atoms with Gasteiger partial charge in [-0.15, -0.1) is 0 Å². The van der Waals surface area contributed by atoms with E-state index < -0.39 is 0 Å². The van der Waals surface area contributed by atoms with Crippen molar-refractivity contribution in [3.05, 3.63) is 58.8 Å². The first-order valence-corrected chi connectivity index (χ1v) is 6.85. The van der Waals surface area contributed by atoms with E-state index in [0.29, 0.717) is 16.8 Å². The molecule has 0 aliphatic rings. The highest BCUT2D eigenvalue weighted by Gasteiger charge is 2.06. The van der Waals surface area contributed by atoms with Gasteiger partial charge in [-0.1, -0.05) is 18.2 Å². The molecule has 0 spiro atoms. The average Bonchev–Trinajstić information content (AvgIpc) is 2.42. The predicted molar refractivity (Wildman–Crippen MR) is 79.1 cm³/mol. The number of hydrogen-bond acceptors (Lipinski definition) is 2. The van der Waals surface area contributed by atoms with E-state index in [1.54, 1.807) is 12.1 Å². The molecule has 19 heavy (non-hydrogen) atoms. The third kappa shape index (κ3) is 4.24. The van der Waals surface area contributed by atoms with Crippen LogP contribution in [0.25, 0.3) is 0 Å². The van der Waals surface area contributed by atoms with Crippen molar-refractivity contribution in [3.63, 3.8) is 0 Å². The van der Waals surface area contributed by atoms with Gasteiger partial charge in [-0.2, -0.15) is 0 Å². The van der Waals surface area contributed by atoms with E-state index in [1.165, 1.54) is 6.07 Å². The van der Waals surface area contributed by atoms with Crippen LogP contribution in [0.5, 0.6) is 5.75 Å². The van der Waals surface area contributed by atoms with E-state index in [9.17, 15) is 4.39 Å². The van der Waals surface area contributed by atoms with Crippen LogP contribution in [-0.4, -0.2) is 12.6 Å². The highest BCUT2D eigenvalue weighted by molar-refractivity contribution is 9.10. The van der Waals surface area contributed by atoms with Crippen LogP contribution in [0.2, 0.25) is 0 Å². The second-order valence-electron chi connectivity index (χ2n) is 4.25. The third-order valence-corrected chi connectivity index (χ3v) is 3.24. The lowest BCUT2D eigenvalue weighted by molar-refractivity contribution is 0.233. The maximum Gasteiger partial charge on any atom is 0.141 e. The predicted octanol–water partition coefficient (Wildman–Crippen LogP) is 4.47. The second-order valence-corrected chi connectivity index (χ2v) is 5.11. The Morgan fingerprint density at radius 2 is 1.95 bits per heavy atom. The summed E-state index contributed by atoms with van der Waals surface area (Å²) >= 11 is 3.11. The summed E-state index contributed by atoms with van der Waals surface area (Å²) in [7, 11) is 0. The summed E-state index contributed by atoms with van der Waals surface area (Å²) in [5, 5.41) is 3.26. The first-order valence-electron chi connectivity index (χ1n) is 6.06. The van der Waals surface area contributed by atoms with Crippen molar-refractivity contribution in [1.29, 1.82) is 0 Å². The van der Waals surface area contributed by atoms with Crippen LogP contribution in [0.4, 0.5) is 10.1 Å². The Morgan fingerprint density at radius 1 is 1.21 bits per heavy atom. The van der Waals surface area contributed by atoms with E-state index in [-0.39, 0.29) is 11.9 Å². The lowest BCUT2D eigenvalue weighted by atomic mass is 10.3. The van der Waals surface area contributed by atoms with Gasteiger partial charge in [-0.05, 0) is 47.1 Å². The van der Waals surface area contributed by atoms with Gasteiger partial charge in [0.25, 0.3) is 0 Å². The van der Waals surface area contributed by atoms with Crippen LogP contribution >= 0.6 is 15.9 Å². The van der Waals surface area contributed by atoms with Gasteiger partial charge in [0.1, 0.15) is 17.7 Å². The molecule has 0 radical (unpaired) electrons. The molecule has 2 rings (SSSR count). The van der Waals surface area contributed by atoms with Gasteiger partial charge in [-0.25, -0.2) is 4.39 Å². The van der Waals surface area contributed by atoms with Crippen molar-refractivity contribution >= 4 is 21.6 Å². The highest BCUT2D eigenvalue weighted by atomic mass is 79.9. The summed E-state index contributed by atoms with van der Waals surface area (Å²) in [5.41, 5.74) is 1.04. The molecule has 0 aliphatic heterocycles. The summed E-state index contributed by atoms with van der Waals surface area (Å²) < 4.78 is 19.4. The molecule has 100 valence electrons. The van der Waals surface area contributed by atoms with Crippen molar-refractivity contribution in [2.45, 2.75) is 13.0 Å². The molecule has 2 nitrogen and oxygen atoms in total. The van der Waals surface area contributed by atoms with Crippen LogP contribution < -0.4 is 10.1 Å². The zero-order chi connectivity index (χ0) is 13.7. The van der Waals surface area contributed by atoms with Gasteiger partial charge in [0.05, 0.1) is 11.0 Å². The number of benzene rings is 2. The Hall–Kier alpha value is -1.55. The number of nitrogens with one attached hydrogen (secondary N) is 1. The van der Waals surface area contributed by atoms with Crippen LogP contribution in [0.15, 0.2) is 53.0 Å². The Morgan fingerprint density at radius 3 is 2.63 bits per heavy atom. The molecular formula is C15H15BrFNO. The summed E-state index contributed by atoms with van der Waals surface area (Å²) in [4.78, 5) is 0. The Labute approximate surface area is 120 Å². The number of anilines is 1. The summed E-state index contributed by atoms with van der Waals surface area (Å²) in [5.74, 6) is 0.212. The molecule has 4 heteroatoms. The zero-order valence-electron chi connectivity index (χ0n) is 10.6. The largest absolute Gasteiger partial charge is 0.489 e. The first kappa shape index (κ1) is 13.9. The second kappa shape index (κ2) is 6.57. The molecule has 2 aromatic carbocycles. The number of hydrogen-bond donors (Lipinski definition) is 1. The van der Waals surface area contributed by atoms with E-state index in [0.717, 1.165) is 5.69 Å². The van der Waals surface area contributed by atoms with Crippen molar-refractivity contribution in [1.82, 2.24) is 0 Å². The molecule has 1 N–H and O–H groups in total. The third-order valence-electron chi connectivity index (χ3n) is 2.60. The maximum atomic E-state index is 13.3. The molecule has 0 amide bonds. The molecule has 0 saturated heterocycles. The number of ether oxygens (including phenoxy) is 1. The van der Waals surface area contributed by atoms with E-state index in [2.05, 4.69) is 21.2 Å². The Bertz CT molecular complexity index is 533. The molecule has 0 heterocycles. The minimum absolute atomic E-state index is 0.0548. The average molecular weight is 324 g/mol. The fourth-order valence-corrected chi connectivity index (χ4v) is 1.89. The fraction of sp³-hybridized carbons (Fsp3) is 0.200. The van der Waals surface area contributed by atoms with E-state index in [1.807, 2.05) is 37.3 Å². The summed E-state index contributed by atoms with van der Waals surface area (Å²) in [6, 6.07) is 14.7. The minimum atomic E-state index is -0.319. The smallest absolute Gasteiger partial charge is 0.141 e. The molecule has 0 aromatic heterocycles. The lowest BCUT2D eigenvalue weighted by Gasteiger charge is -2.16. The normalized spacial score (nSPS) is 11.9. The molecule has 2 aromatic rings. The van der Waals surface area contributed by atoms with Gasteiger partial charge in [-0.3, -0.25) is 0 Å². The molecule has 0 aliphatic carbocycles. The van der Waals surface area contributed by atoms with Gasteiger partial charge >= 0.3 is 0 Å². The molecular weight excluding hydrogens is 309 g/mol. The van der Waals surface area contributed by atoms with Crippen LogP contribution in [0.3, 0.4) is 0 Å². The van der Waals surface area contributed by atoms with Crippen LogP contribution in [0.1, 0.15) is 6.92 Å². The molecule has 1 atom stereocenters. The lowest BCUT2D eigenvalue weighted by Crippen LogP contribution is -2.22.